The van der Waals surface area contributed by atoms with Crippen molar-refractivity contribution in [2.75, 3.05) is 13.1 Å². The van der Waals surface area contributed by atoms with Crippen LogP contribution in [-0.4, -0.2) is 58.3 Å². The van der Waals surface area contributed by atoms with Crippen molar-refractivity contribution in [3.05, 3.63) is 71.4 Å². The lowest BCUT2D eigenvalue weighted by Crippen LogP contribution is -2.48. The molecule has 3 N–H and O–H groups in total. The number of ketones is 1. The molecule has 0 radical (unpaired) electrons. The molecule has 4 rings (SSSR count). The Balaban J connectivity index is 1.47. The molecule has 0 aliphatic carbocycles. The number of benzene rings is 2. The second-order valence-corrected chi connectivity index (χ2v) is 11.1. The van der Waals surface area contributed by atoms with Gasteiger partial charge in [-0.1, -0.05) is 42.3 Å². The van der Waals surface area contributed by atoms with E-state index in [1.54, 1.807) is 49.9 Å². The molecule has 2 aromatic carbocycles. The van der Waals surface area contributed by atoms with Crippen molar-refractivity contribution in [2.24, 2.45) is 0 Å². The van der Waals surface area contributed by atoms with Crippen LogP contribution in [0.15, 0.2) is 54.6 Å². The van der Waals surface area contributed by atoms with E-state index in [1.165, 1.54) is 6.92 Å². The van der Waals surface area contributed by atoms with Gasteiger partial charge in [0.2, 0.25) is 5.91 Å². The van der Waals surface area contributed by atoms with Gasteiger partial charge in [0.15, 0.2) is 5.78 Å². The van der Waals surface area contributed by atoms with E-state index in [0.717, 1.165) is 16.5 Å². The number of fused-ring (bicyclic) bond motifs is 1. The minimum Gasteiger partial charge on any atom is -0.444 e. The second kappa shape index (κ2) is 12.7. The lowest BCUT2D eigenvalue weighted by atomic mass is 9.99. The molecule has 0 saturated carbocycles. The third kappa shape index (κ3) is 7.98. The molecule has 214 valence electrons. The van der Waals surface area contributed by atoms with E-state index >= 15 is 0 Å². The first-order valence-electron chi connectivity index (χ1n) is 13.7. The lowest BCUT2D eigenvalue weighted by molar-refractivity contribution is -0.139. The van der Waals surface area contributed by atoms with Crippen molar-refractivity contribution in [3.8, 4) is 11.8 Å². The predicted octanol–water partition coefficient (Wildman–Crippen LogP) is 4.02. The molecule has 9 nitrogen and oxygen atoms in total. The number of carbonyl (C=O) groups excluding carboxylic acids is 4. The molecule has 0 bridgehead atoms. The number of H-pyrrole nitrogens is 1. The molecule has 2 atom stereocenters. The molecule has 1 fully saturated rings. The van der Waals surface area contributed by atoms with Crippen molar-refractivity contribution in [1.82, 2.24) is 20.5 Å². The lowest BCUT2D eigenvalue weighted by Gasteiger charge is -2.29. The fourth-order valence-corrected chi connectivity index (χ4v) is 4.88. The van der Waals surface area contributed by atoms with E-state index in [9.17, 15) is 19.2 Å². The van der Waals surface area contributed by atoms with Crippen LogP contribution >= 0.6 is 0 Å². The van der Waals surface area contributed by atoms with Gasteiger partial charge in [0.05, 0.1) is 18.3 Å². The van der Waals surface area contributed by atoms with Crippen LogP contribution in [0.1, 0.15) is 63.4 Å². The zero-order valence-corrected chi connectivity index (χ0v) is 23.9. The Morgan fingerprint density at radius 3 is 2.56 bits per heavy atom. The van der Waals surface area contributed by atoms with Gasteiger partial charge in [-0.2, -0.15) is 0 Å². The summed E-state index contributed by atoms with van der Waals surface area (Å²) >= 11 is 0. The maximum absolute atomic E-state index is 13.8. The monoisotopic (exact) mass is 556 g/mol. The average molecular weight is 557 g/mol. The minimum atomic E-state index is -0.971. The zero-order valence-electron chi connectivity index (χ0n) is 23.9. The second-order valence-electron chi connectivity index (χ2n) is 11.1. The number of nitrogens with one attached hydrogen (secondary N) is 3. The predicted molar refractivity (Wildman–Crippen MR) is 156 cm³/mol. The van der Waals surface area contributed by atoms with Gasteiger partial charge < -0.3 is 25.3 Å². The van der Waals surface area contributed by atoms with Crippen molar-refractivity contribution >= 4 is 34.6 Å². The first-order chi connectivity index (χ1) is 19.5. The summed E-state index contributed by atoms with van der Waals surface area (Å²) in [5.74, 6) is 5.37. The highest BCUT2D eigenvalue weighted by Gasteiger charge is 2.38. The van der Waals surface area contributed by atoms with Gasteiger partial charge in [-0.15, -0.1) is 0 Å². The van der Waals surface area contributed by atoms with Gasteiger partial charge in [0.1, 0.15) is 11.6 Å². The quantitative estimate of drug-likeness (QED) is 0.380. The first-order valence-corrected chi connectivity index (χ1v) is 13.7. The molecule has 1 aromatic heterocycles. The fraction of sp³-hybridized carbons (Fsp3) is 0.375. The Kier molecular flexibility index (Phi) is 9.13. The van der Waals surface area contributed by atoms with E-state index in [0.29, 0.717) is 30.6 Å². The Morgan fingerprint density at radius 1 is 1.10 bits per heavy atom. The minimum absolute atomic E-state index is 0.0508. The SMILES string of the molecule is CC(=O)NCC#Cc1cc2cc(CC(=O)[C@@H]3CCCN3C(=O)[C@H](NC(=O)OC(C)(C)C)c3ccccc3)ccc2[nH]1. The third-order valence-electron chi connectivity index (χ3n) is 6.66. The van der Waals surface area contributed by atoms with E-state index < -0.39 is 23.8 Å². The molecule has 1 aliphatic heterocycles. The number of aromatic amines is 1. The number of rotatable bonds is 7. The molecule has 41 heavy (non-hydrogen) atoms. The summed E-state index contributed by atoms with van der Waals surface area (Å²) in [6, 6.07) is 15.1. The summed E-state index contributed by atoms with van der Waals surface area (Å²) in [4.78, 5) is 55.8. The number of Topliss-reactive ketones (excluding diaryl/α,β-unsaturated/α-hetero) is 1. The standard InChI is InChI=1S/C32H36N4O5/c1-21(37)33-16-8-12-25-20-24-18-22(14-15-26(24)34-25)19-28(38)27-13-9-17-36(27)30(39)29(23-10-6-5-7-11-23)35-31(40)41-32(2,3)4/h5-7,10-11,14-15,18,20,27,29,34H,9,13,16-17,19H2,1-4H3,(H,33,37)(H,35,40)/t27-,29+/m0/s1. The molecular formula is C32H36N4O5. The fourth-order valence-electron chi connectivity index (χ4n) is 4.88. The van der Waals surface area contributed by atoms with Crippen LogP contribution in [0.25, 0.3) is 10.9 Å². The zero-order chi connectivity index (χ0) is 29.6. The van der Waals surface area contributed by atoms with Gasteiger partial charge in [0, 0.05) is 30.8 Å². The summed E-state index contributed by atoms with van der Waals surface area (Å²) in [6.45, 7) is 7.42. The highest BCUT2D eigenvalue weighted by molar-refractivity contribution is 5.94. The van der Waals surface area contributed by atoms with Crippen LogP contribution in [0.5, 0.6) is 0 Å². The smallest absolute Gasteiger partial charge is 0.408 e. The number of carbonyl (C=O) groups is 4. The van der Waals surface area contributed by atoms with Gasteiger partial charge in [0.25, 0.3) is 5.91 Å². The number of likely N-dealkylation sites (tertiary alicyclic amines) is 1. The number of alkyl carbamates (subject to hydrolysis) is 1. The summed E-state index contributed by atoms with van der Waals surface area (Å²) in [5, 5.41) is 6.28. The first kappa shape index (κ1) is 29.4. The van der Waals surface area contributed by atoms with Crippen LogP contribution in [0.3, 0.4) is 0 Å². The summed E-state index contributed by atoms with van der Waals surface area (Å²) in [7, 11) is 0. The number of hydrogen-bond donors (Lipinski definition) is 3. The molecule has 3 aromatic rings. The van der Waals surface area contributed by atoms with Crippen molar-refractivity contribution in [1.29, 1.82) is 0 Å². The number of nitrogens with zero attached hydrogens (tertiary/aromatic N) is 1. The molecule has 1 saturated heterocycles. The Bertz CT molecular complexity index is 1490. The summed E-state index contributed by atoms with van der Waals surface area (Å²) in [6.07, 6.45) is 0.752. The molecule has 0 unspecified atom stereocenters. The maximum atomic E-state index is 13.8. The van der Waals surface area contributed by atoms with Gasteiger partial charge in [-0.25, -0.2) is 4.79 Å². The van der Waals surface area contributed by atoms with Crippen molar-refractivity contribution in [2.45, 2.75) is 64.6 Å². The summed E-state index contributed by atoms with van der Waals surface area (Å²) in [5.41, 5.74) is 2.34. The highest BCUT2D eigenvalue weighted by Crippen LogP contribution is 2.26. The van der Waals surface area contributed by atoms with Crippen LogP contribution in [0, 0.1) is 11.8 Å². The summed E-state index contributed by atoms with van der Waals surface area (Å²) < 4.78 is 5.41. The number of aromatic nitrogens is 1. The average Bonchev–Trinajstić information content (AvgIpc) is 3.56. The van der Waals surface area contributed by atoms with Gasteiger partial charge in [-0.3, -0.25) is 14.4 Å². The van der Waals surface area contributed by atoms with Crippen LogP contribution in [0.4, 0.5) is 4.79 Å². The number of ether oxygens (including phenoxy) is 1. The molecule has 9 heteroatoms. The number of amides is 3. The third-order valence-corrected chi connectivity index (χ3v) is 6.66. The Morgan fingerprint density at radius 2 is 1.85 bits per heavy atom. The van der Waals surface area contributed by atoms with Gasteiger partial charge in [-0.05, 0) is 68.9 Å². The Hall–Kier alpha value is -4.58. The number of hydrogen-bond acceptors (Lipinski definition) is 5. The highest BCUT2D eigenvalue weighted by atomic mass is 16.6. The van der Waals surface area contributed by atoms with E-state index in [2.05, 4.69) is 27.5 Å². The van der Waals surface area contributed by atoms with Crippen molar-refractivity contribution < 1.29 is 23.9 Å². The van der Waals surface area contributed by atoms with Crippen LogP contribution in [0.2, 0.25) is 0 Å². The maximum Gasteiger partial charge on any atom is 0.408 e. The van der Waals surface area contributed by atoms with Crippen LogP contribution < -0.4 is 10.6 Å². The topological polar surface area (TPSA) is 121 Å². The molecular weight excluding hydrogens is 520 g/mol. The van der Waals surface area contributed by atoms with E-state index in [-0.39, 0.29) is 30.6 Å². The van der Waals surface area contributed by atoms with Crippen LogP contribution in [-0.2, 0) is 25.5 Å². The van der Waals surface area contributed by atoms with Gasteiger partial charge >= 0.3 is 6.09 Å². The van der Waals surface area contributed by atoms with Crippen molar-refractivity contribution in [3.63, 3.8) is 0 Å². The molecule has 2 heterocycles. The van der Waals surface area contributed by atoms with E-state index in [4.69, 9.17) is 4.74 Å². The molecule has 3 amide bonds. The molecule has 0 spiro atoms. The van der Waals surface area contributed by atoms with E-state index in [1.807, 2.05) is 30.3 Å². The molecule has 1 aliphatic rings. The Labute approximate surface area is 240 Å². The largest absolute Gasteiger partial charge is 0.444 e. The normalized spacial score (nSPS) is 15.5.